The summed E-state index contributed by atoms with van der Waals surface area (Å²) in [6.45, 7) is 1.08. The van der Waals surface area contributed by atoms with E-state index in [-0.39, 0.29) is 4.90 Å². The highest BCUT2D eigenvalue weighted by Crippen LogP contribution is 2.20. The molecule has 0 fully saturated rings. The third kappa shape index (κ3) is 4.38. The molecule has 16 heavy (non-hydrogen) atoms. The van der Waals surface area contributed by atoms with Crippen LogP contribution in [0.15, 0.2) is 29.2 Å². The van der Waals surface area contributed by atoms with Gasteiger partial charge >= 0.3 is 0 Å². The number of benzene rings is 1. The molecule has 1 rings (SSSR count). The van der Waals surface area contributed by atoms with E-state index in [9.17, 15) is 8.42 Å². The molecule has 0 unspecified atom stereocenters. The Labute approximate surface area is 99.6 Å². The molecule has 0 amide bonds. The molecule has 0 aliphatic heterocycles. The van der Waals surface area contributed by atoms with Gasteiger partial charge in [-0.15, -0.1) is 0 Å². The lowest BCUT2D eigenvalue weighted by atomic mass is 10.3. The molecule has 0 aliphatic rings. The molecule has 0 atom stereocenters. The molecule has 1 aromatic carbocycles. The van der Waals surface area contributed by atoms with E-state index in [0.29, 0.717) is 19.0 Å². The lowest BCUT2D eigenvalue weighted by Gasteiger charge is -2.06. The minimum absolute atomic E-state index is 0.0402. The summed E-state index contributed by atoms with van der Waals surface area (Å²) in [5.74, 6) is 0.484. The van der Waals surface area contributed by atoms with Crippen LogP contribution < -0.4 is 4.74 Å². The maximum Gasteiger partial charge on any atom is 0.261 e. The van der Waals surface area contributed by atoms with Crippen LogP contribution in [0.25, 0.3) is 0 Å². The average molecular weight is 265 g/mol. The summed E-state index contributed by atoms with van der Waals surface area (Å²) in [5.41, 5.74) is 0. The van der Waals surface area contributed by atoms with Gasteiger partial charge in [0, 0.05) is 36.9 Å². The number of methoxy groups -OCH3 is 1. The fourth-order valence-electron chi connectivity index (χ4n) is 1.11. The molecular weight excluding hydrogens is 252 g/mol. The molecule has 90 valence electrons. The highest BCUT2D eigenvalue weighted by Gasteiger charge is 2.10. The summed E-state index contributed by atoms with van der Waals surface area (Å²) >= 11 is 0. The molecule has 0 aliphatic carbocycles. The maximum absolute atomic E-state index is 11.1. The second-order valence-electron chi connectivity index (χ2n) is 3.11. The van der Waals surface area contributed by atoms with E-state index < -0.39 is 9.05 Å². The molecule has 0 bridgehead atoms. The lowest BCUT2D eigenvalue weighted by Crippen LogP contribution is -2.01. The number of ether oxygens (including phenoxy) is 2. The summed E-state index contributed by atoms with van der Waals surface area (Å²) in [4.78, 5) is 0.0402. The van der Waals surface area contributed by atoms with Gasteiger partial charge in [-0.05, 0) is 12.1 Å². The van der Waals surface area contributed by atoms with E-state index in [4.69, 9.17) is 20.2 Å². The molecule has 0 saturated carbocycles. The minimum atomic E-state index is -3.69. The third-order valence-corrected chi connectivity index (χ3v) is 3.20. The average Bonchev–Trinajstić information content (AvgIpc) is 2.24. The van der Waals surface area contributed by atoms with Crippen molar-refractivity contribution in [1.82, 2.24) is 0 Å². The molecule has 0 aromatic heterocycles. The Morgan fingerprint density at radius 3 is 2.69 bits per heavy atom. The lowest BCUT2D eigenvalue weighted by molar-refractivity contribution is 0.172. The summed E-state index contributed by atoms with van der Waals surface area (Å²) in [5, 5.41) is 0. The number of hydrogen-bond donors (Lipinski definition) is 0. The van der Waals surface area contributed by atoms with Crippen molar-refractivity contribution in [2.75, 3.05) is 20.3 Å². The summed E-state index contributed by atoms with van der Waals surface area (Å²) in [7, 11) is 3.13. The van der Waals surface area contributed by atoms with E-state index in [1.165, 1.54) is 12.1 Å². The molecule has 0 spiro atoms. The smallest absolute Gasteiger partial charge is 0.261 e. The van der Waals surface area contributed by atoms with Gasteiger partial charge in [-0.25, -0.2) is 8.42 Å². The van der Waals surface area contributed by atoms with Gasteiger partial charge < -0.3 is 9.47 Å². The van der Waals surface area contributed by atoms with Gasteiger partial charge in [0.2, 0.25) is 0 Å². The first-order valence-corrected chi connectivity index (χ1v) is 7.01. The first kappa shape index (κ1) is 13.3. The molecule has 4 nitrogen and oxygen atoms in total. The summed E-state index contributed by atoms with van der Waals surface area (Å²) in [6, 6.07) is 6.08. The quantitative estimate of drug-likeness (QED) is 0.583. The van der Waals surface area contributed by atoms with E-state index in [2.05, 4.69) is 0 Å². The van der Waals surface area contributed by atoms with Crippen LogP contribution in [0.5, 0.6) is 5.75 Å². The zero-order valence-electron chi connectivity index (χ0n) is 8.85. The van der Waals surface area contributed by atoms with Crippen LogP contribution in [0.3, 0.4) is 0 Å². The van der Waals surface area contributed by atoms with Crippen LogP contribution >= 0.6 is 10.7 Å². The summed E-state index contributed by atoms with van der Waals surface area (Å²) < 4.78 is 32.3. The Balaban J connectivity index is 2.62. The number of hydrogen-bond acceptors (Lipinski definition) is 4. The van der Waals surface area contributed by atoms with E-state index >= 15 is 0 Å². The minimum Gasteiger partial charge on any atom is -0.493 e. The van der Waals surface area contributed by atoms with E-state index in [1.54, 1.807) is 19.2 Å². The Morgan fingerprint density at radius 2 is 2.06 bits per heavy atom. The monoisotopic (exact) mass is 264 g/mol. The van der Waals surface area contributed by atoms with Crippen LogP contribution in [0.2, 0.25) is 0 Å². The Morgan fingerprint density at radius 1 is 1.31 bits per heavy atom. The van der Waals surface area contributed by atoms with Crippen LogP contribution in [0.1, 0.15) is 6.42 Å². The van der Waals surface area contributed by atoms with Crippen LogP contribution in [-0.4, -0.2) is 28.7 Å². The standard InChI is InChI=1S/C10H13ClO4S/c1-14-6-3-7-15-9-4-2-5-10(8-9)16(11,12)13/h2,4-5,8H,3,6-7H2,1H3. The Kier molecular flexibility index (Phi) is 5.05. The second kappa shape index (κ2) is 6.08. The SMILES string of the molecule is COCCCOc1cccc(S(=O)(=O)Cl)c1. The first-order valence-electron chi connectivity index (χ1n) is 4.70. The van der Waals surface area contributed by atoms with Crippen LogP contribution in [-0.2, 0) is 13.8 Å². The highest BCUT2D eigenvalue weighted by molar-refractivity contribution is 8.13. The predicted octanol–water partition coefficient (Wildman–Crippen LogP) is 2.03. The van der Waals surface area contributed by atoms with Gasteiger partial charge in [-0.3, -0.25) is 0 Å². The van der Waals surface area contributed by atoms with Crippen molar-refractivity contribution in [3.05, 3.63) is 24.3 Å². The molecule has 0 saturated heterocycles. The fourth-order valence-corrected chi connectivity index (χ4v) is 1.89. The molecule has 0 radical (unpaired) electrons. The predicted molar refractivity (Wildman–Crippen MR) is 61.5 cm³/mol. The second-order valence-corrected chi connectivity index (χ2v) is 5.67. The van der Waals surface area contributed by atoms with Crippen molar-refractivity contribution < 1.29 is 17.9 Å². The molecule has 1 aromatic rings. The Bertz CT molecular complexity index is 430. The third-order valence-electron chi connectivity index (χ3n) is 1.85. The highest BCUT2D eigenvalue weighted by atomic mass is 35.7. The van der Waals surface area contributed by atoms with Gasteiger partial charge in [0.25, 0.3) is 9.05 Å². The molecule has 0 N–H and O–H groups in total. The van der Waals surface area contributed by atoms with Crippen LogP contribution in [0, 0.1) is 0 Å². The molecule has 0 heterocycles. The number of halogens is 1. The van der Waals surface area contributed by atoms with Gasteiger partial charge in [-0.2, -0.15) is 0 Å². The molecule has 6 heteroatoms. The topological polar surface area (TPSA) is 52.6 Å². The van der Waals surface area contributed by atoms with Crippen molar-refractivity contribution >= 4 is 19.7 Å². The zero-order valence-corrected chi connectivity index (χ0v) is 10.4. The van der Waals surface area contributed by atoms with Crippen molar-refractivity contribution in [1.29, 1.82) is 0 Å². The van der Waals surface area contributed by atoms with Gasteiger partial charge in [0.15, 0.2) is 0 Å². The van der Waals surface area contributed by atoms with Crippen molar-refractivity contribution in [2.45, 2.75) is 11.3 Å². The van der Waals surface area contributed by atoms with Gasteiger partial charge in [-0.1, -0.05) is 6.07 Å². The Hall–Kier alpha value is -0.780. The van der Waals surface area contributed by atoms with Gasteiger partial charge in [0.1, 0.15) is 5.75 Å². The molecular formula is C10H13ClO4S. The maximum atomic E-state index is 11.1. The zero-order chi connectivity index (χ0) is 12.0. The van der Waals surface area contributed by atoms with E-state index in [1.807, 2.05) is 0 Å². The fraction of sp³-hybridized carbons (Fsp3) is 0.400. The normalized spacial score (nSPS) is 11.4. The van der Waals surface area contributed by atoms with Crippen molar-refractivity contribution in [3.63, 3.8) is 0 Å². The largest absolute Gasteiger partial charge is 0.493 e. The van der Waals surface area contributed by atoms with Crippen LogP contribution in [0.4, 0.5) is 0 Å². The van der Waals surface area contributed by atoms with Crippen molar-refractivity contribution in [2.24, 2.45) is 0 Å². The first-order chi connectivity index (χ1) is 7.54. The summed E-state index contributed by atoms with van der Waals surface area (Å²) in [6.07, 6.45) is 0.744. The van der Waals surface area contributed by atoms with Gasteiger partial charge in [0.05, 0.1) is 11.5 Å². The van der Waals surface area contributed by atoms with E-state index in [0.717, 1.165) is 6.42 Å². The number of rotatable bonds is 6. The van der Waals surface area contributed by atoms with Crippen molar-refractivity contribution in [3.8, 4) is 5.75 Å².